The summed E-state index contributed by atoms with van der Waals surface area (Å²) >= 11 is 1.35. The zero-order valence-corrected chi connectivity index (χ0v) is 30.2. The van der Waals surface area contributed by atoms with Gasteiger partial charge in [-0.1, -0.05) is 31.6 Å². The maximum Gasteiger partial charge on any atom is 0.327 e. The van der Waals surface area contributed by atoms with E-state index in [2.05, 4.69) is 12.2 Å². The number of aliphatic hydroxyl groups excluding tert-OH is 2. The number of hydrogen-bond acceptors (Lipinski definition) is 11. The van der Waals surface area contributed by atoms with Crippen LogP contribution in [-0.2, 0) is 24.0 Å². The van der Waals surface area contributed by atoms with Crippen LogP contribution in [0.4, 0.5) is 0 Å². The van der Waals surface area contributed by atoms with Gasteiger partial charge in [-0.25, -0.2) is 4.79 Å². The SMILES string of the molecule is CC1(C)S[C@@H]2[C@H](NC(=O)[C@H](N)c3ccc(O)cc3)C(=O)N2[C@H]1C(=O)O.C[C@]12CCC(=O)C=C1CC[C@@H]1[C@@H]2[C@@H](O)C[C@@]2(C)[C@H]1CC[C@]2(O)C(=O)CO. The number of carbonyl (C=O) groups is 5. The molecule has 14 heteroatoms. The maximum absolute atomic E-state index is 12.4. The van der Waals surface area contributed by atoms with Crippen molar-refractivity contribution < 1.29 is 49.5 Å². The standard InChI is InChI=1S/C21H30O5.C16H19N3O5S/c1-19-7-5-13(23)9-12(19)3-4-14-15-6-8-21(26,17(25)11-22)20(15,2)10-16(24)18(14)19;1-16(2)11(15(23)24)19-13(22)10(14(19)25-16)18-12(21)9(17)7-3-5-8(20)6-4-7/h9,14-16,18,22,24,26H,3-8,10-11H2,1-2H3;3-6,9-11,14,20H,17H2,1-2H3,(H,18,21)(H,23,24)/t14-,15-,16-,18+,19-,20-,21-;9-,10-,11+,14-/m01/s1. The van der Waals surface area contributed by atoms with Crippen LogP contribution in [0.25, 0.3) is 0 Å². The highest BCUT2D eigenvalue weighted by Gasteiger charge is 2.68. The summed E-state index contributed by atoms with van der Waals surface area (Å²) in [5.74, 6) is -1.80. The Balaban J connectivity index is 0.000000176. The van der Waals surface area contributed by atoms with E-state index in [1.165, 1.54) is 46.5 Å². The van der Waals surface area contributed by atoms with Crippen molar-refractivity contribution in [1.29, 1.82) is 0 Å². The Morgan fingerprint density at radius 3 is 2.35 bits per heavy atom. The zero-order valence-electron chi connectivity index (χ0n) is 29.4. The average molecular weight is 728 g/mol. The van der Waals surface area contributed by atoms with Crippen LogP contribution in [0.3, 0.4) is 0 Å². The molecule has 0 aromatic heterocycles. The summed E-state index contributed by atoms with van der Waals surface area (Å²) in [6, 6.07) is 3.21. The maximum atomic E-state index is 12.4. The first-order valence-corrected chi connectivity index (χ1v) is 18.5. The van der Waals surface area contributed by atoms with Crippen molar-refractivity contribution in [3.63, 3.8) is 0 Å². The number of phenolic OH excluding ortho intramolecular Hbond substituents is 1. The van der Waals surface area contributed by atoms with E-state index in [1.54, 1.807) is 19.9 Å². The number of aliphatic hydroxyl groups is 3. The molecular formula is C37H49N3O10S. The topological polar surface area (TPSA) is 228 Å². The number of ketones is 2. The largest absolute Gasteiger partial charge is 0.508 e. The number of rotatable bonds is 6. The van der Waals surface area contributed by atoms with Gasteiger partial charge in [0.05, 0.1) is 6.10 Å². The smallest absolute Gasteiger partial charge is 0.327 e. The molecule has 4 aliphatic carbocycles. The summed E-state index contributed by atoms with van der Waals surface area (Å²) in [6.07, 6.45) is 5.74. The van der Waals surface area contributed by atoms with Gasteiger partial charge in [0.2, 0.25) is 11.8 Å². The summed E-state index contributed by atoms with van der Waals surface area (Å²) in [5, 5.41) is 52.6. The average Bonchev–Trinajstić information content (AvgIpc) is 3.50. The van der Waals surface area contributed by atoms with Crippen molar-refractivity contribution >= 4 is 41.1 Å². The number of aromatic hydroxyl groups is 1. The monoisotopic (exact) mass is 727 g/mol. The second-order valence-electron chi connectivity index (χ2n) is 16.2. The van der Waals surface area contributed by atoms with Gasteiger partial charge < -0.3 is 41.5 Å². The fourth-order valence-electron chi connectivity index (χ4n) is 10.5. The second-order valence-corrected chi connectivity index (χ2v) is 18.0. The van der Waals surface area contributed by atoms with Crippen molar-refractivity contribution in [2.75, 3.05) is 6.61 Å². The van der Waals surface area contributed by atoms with Crippen molar-refractivity contribution in [3.8, 4) is 5.75 Å². The molecule has 2 saturated heterocycles. The van der Waals surface area contributed by atoms with Gasteiger partial charge in [0.15, 0.2) is 11.6 Å². The van der Waals surface area contributed by atoms with Gasteiger partial charge in [-0.15, -0.1) is 11.8 Å². The predicted molar refractivity (Wildman–Crippen MR) is 186 cm³/mol. The number of allylic oxidation sites excluding steroid dienone is 1. The summed E-state index contributed by atoms with van der Waals surface area (Å²) in [7, 11) is 0. The molecule has 0 bridgehead atoms. The van der Waals surface area contributed by atoms with Gasteiger partial charge in [0, 0.05) is 16.6 Å². The van der Waals surface area contributed by atoms with E-state index in [-0.39, 0.29) is 34.7 Å². The minimum Gasteiger partial charge on any atom is -0.508 e. The van der Waals surface area contributed by atoms with Crippen molar-refractivity contribution in [3.05, 3.63) is 41.5 Å². The molecule has 11 atom stereocenters. The van der Waals surface area contributed by atoms with E-state index in [1.807, 2.05) is 6.92 Å². The molecule has 1 aromatic rings. The number of nitrogens with two attached hydrogens (primary N) is 1. The molecule has 2 heterocycles. The normalized spacial score (nSPS) is 39.5. The molecule has 278 valence electrons. The first-order chi connectivity index (χ1) is 23.8. The molecule has 1 aromatic carbocycles. The van der Waals surface area contributed by atoms with Crippen molar-refractivity contribution in [2.45, 2.75) is 113 Å². The highest BCUT2D eigenvalue weighted by atomic mass is 32.2. The lowest BCUT2D eigenvalue weighted by Gasteiger charge is -2.60. The van der Waals surface area contributed by atoms with Crippen LogP contribution < -0.4 is 11.1 Å². The van der Waals surface area contributed by atoms with Crippen molar-refractivity contribution in [1.82, 2.24) is 10.2 Å². The molecule has 51 heavy (non-hydrogen) atoms. The number of hydrogen-bond donors (Lipinski definition) is 7. The van der Waals surface area contributed by atoms with Crippen LogP contribution in [0, 0.1) is 28.6 Å². The third-order valence-corrected chi connectivity index (χ3v) is 14.7. The highest BCUT2D eigenvalue weighted by Crippen LogP contribution is 2.67. The fraction of sp³-hybridized carbons (Fsp3) is 0.649. The van der Waals surface area contributed by atoms with Crippen LogP contribution in [0.5, 0.6) is 5.75 Å². The molecule has 6 aliphatic rings. The first kappa shape index (κ1) is 37.5. The molecule has 5 fully saturated rings. The lowest BCUT2D eigenvalue weighted by atomic mass is 9.45. The van der Waals surface area contributed by atoms with Gasteiger partial charge in [-0.3, -0.25) is 19.2 Å². The molecule has 0 radical (unpaired) electrons. The molecule has 8 N–H and O–H groups in total. The number of amides is 2. The van der Waals surface area contributed by atoms with E-state index in [4.69, 9.17) is 5.73 Å². The minimum atomic E-state index is -1.54. The van der Waals surface area contributed by atoms with E-state index in [0.29, 0.717) is 24.8 Å². The number of aliphatic carboxylic acids is 1. The third kappa shape index (κ3) is 5.81. The number of carboxylic acid groups (broad SMARTS) is 1. The molecule has 0 unspecified atom stereocenters. The summed E-state index contributed by atoms with van der Waals surface area (Å²) in [6.45, 7) is 6.99. The lowest BCUT2D eigenvalue weighted by molar-refractivity contribution is -0.182. The summed E-state index contributed by atoms with van der Waals surface area (Å²) < 4.78 is -0.648. The number of Topliss-reactive ketones (excluding diaryl/α,β-unsaturated/α-hetero) is 1. The van der Waals surface area contributed by atoms with Crippen LogP contribution in [0.1, 0.15) is 84.2 Å². The minimum absolute atomic E-state index is 0.0606. The Morgan fingerprint density at radius 1 is 1.06 bits per heavy atom. The van der Waals surface area contributed by atoms with E-state index in [9.17, 15) is 49.5 Å². The zero-order chi connectivity index (χ0) is 37.4. The summed E-state index contributed by atoms with van der Waals surface area (Å²) in [4.78, 5) is 61.7. The Morgan fingerprint density at radius 2 is 1.73 bits per heavy atom. The van der Waals surface area contributed by atoms with Gasteiger partial charge in [-0.2, -0.15) is 0 Å². The Hall–Kier alpha value is -3.30. The van der Waals surface area contributed by atoms with Gasteiger partial charge >= 0.3 is 5.97 Å². The fourth-order valence-corrected chi connectivity index (χ4v) is 12.1. The molecular weight excluding hydrogens is 678 g/mol. The predicted octanol–water partition coefficient (Wildman–Crippen LogP) is 1.81. The van der Waals surface area contributed by atoms with Gasteiger partial charge in [0.25, 0.3) is 0 Å². The summed E-state index contributed by atoms with van der Waals surface area (Å²) in [5.41, 5.74) is 5.18. The Kier molecular flexibility index (Phi) is 9.53. The molecule has 2 amide bonds. The first-order valence-electron chi connectivity index (χ1n) is 17.7. The number of β-lactam (4-membered cyclic amide) rings is 1. The molecule has 0 spiro atoms. The van der Waals surface area contributed by atoms with E-state index in [0.717, 1.165) is 25.7 Å². The Bertz CT molecular complexity index is 1670. The number of nitrogens with one attached hydrogen (secondary N) is 1. The lowest BCUT2D eigenvalue weighted by Crippen LogP contribution is -2.71. The van der Waals surface area contributed by atoms with E-state index < -0.39 is 75.5 Å². The van der Waals surface area contributed by atoms with Crippen LogP contribution in [-0.4, -0.2) is 100 Å². The number of nitrogens with zero attached hydrogens (tertiary/aromatic N) is 1. The number of benzene rings is 1. The van der Waals surface area contributed by atoms with Gasteiger partial charge in [0.1, 0.15) is 41.5 Å². The van der Waals surface area contributed by atoms with Gasteiger partial charge in [-0.05, 0) is 99.3 Å². The number of carboxylic acids is 1. The Labute approximate surface area is 301 Å². The molecule has 7 rings (SSSR count). The van der Waals surface area contributed by atoms with Crippen LogP contribution in [0.15, 0.2) is 35.9 Å². The molecule has 2 aliphatic heterocycles. The molecule has 3 saturated carbocycles. The molecule has 13 nitrogen and oxygen atoms in total. The number of fused-ring (bicyclic) bond motifs is 6. The van der Waals surface area contributed by atoms with Crippen LogP contribution in [0.2, 0.25) is 0 Å². The number of carbonyl (C=O) groups excluding carboxylic acids is 4. The second kappa shape index (κ2) is 13.0. The quantitative estimate of drug-likeness (QED) is 0.208. The van der Waals surface area contributed by atoms with E-state index >= 15 is 0 Å². The van der Waals surface area contributed by atoms with Crippen LogP contribution >= 0.6 is 11.8 Å². The number of phenols is 1. The third-order valence-electron chi connectivity index (χ3n) is 13.2. The number of thioether (sulfide) groups is 1. The highest BCUT2D eigenvalue weighted by molar-refractivity contribution is 8.01. The van der Waals surface area contributed by atoms with Crippen molar-refractivity contribution in [2.24, 2.45) is 34.3 Å².